The van der Waals surface area contributed by atoms with Gasteiger partial charge in [-0.15, -0.1) is 0 Å². The molecule has 1 aliphatic heterocycles. The second-order valence-electron chi connectivity index (χ2n) is 3.14. The average molecular weight is 265 g/mol. The van der Waals surface area contributed by atoms with Crippen LogP contribution in [0.5, 0.6) is 5.75 Å². The van der Waals surface area contributed by atoms with Crippen molar-refractivity contribution in [2.75, 3.05) is 7.11 Å². The van der Waals surface area contributed by atoms with E-state index in [1.54, 1.807) is 18.2 Å². The fourth-order valence-corrected chi connectivity index (χ4v) is 1.77. The van der Waals surface area contributed by atoms with Crippen LogP contribution in [0.2, 0.25) is 5.02 Å². The quantitative estimate of drug-likeness (QED) is 0.817. The van der Waals surface area contributed by atoms with Crippen molar-refractivity contribution in [2.24, 2.45) is 0 Å². The summed E-state index contributed by atoms with van der Waals surface area (Å²) in [7, 11) is 1.43. The SMILES string of the molecule is COc1c(Cl)cccc1C1OC(=O)NC1=O.[Na]. The number of alkyl carbamates (subject to hydrolysis) is 1. The number of ether oxygens (including phenoxy) is 2. The summed E-state index contributed by atoms with van der Waals surface area (Å²) in [5.74, 6) is -0.190. The van der Waals surface area contributed by atoms with Crippen LogP contribution in [0.25, 0.3) is 0 Å². The number of hydrogen-bond acceptors (Lipinski definition) is 4. The second-order valence-corrected chi connectivity index (χ2v) is 3.54. The molecule has 85 valence electrons. The number of methoxy groups -OCH3 is 1. The predicted molar refractivity (Wildman–Crippen MR) is 61.1 cm³/mol. The van der Waals surface area contributed by atoms with Gasteiger partial charge < -0.3 is 9.47 Å². The van der Waals surface area contributed by atoms with Gasteiger partial charge in [0, 0.05) is 35.1 Å². The van der Waals surface area contributed by atoms with Gasteiger partial charge in [0.15, 0.2) is 0 Å². The fraction of sp³-hybridized carbons (Fsp3) is 0.200. The van der Waals surface area contributed by atoms with E-state index in [1.807, 2.05) is 5.32 Å². The van der Waals surface area contributed by atoms with Crippen molar-refractivity contribution in [1.82, 2.24) is 5.32 Å². The Kier molecular flexibility index (Phi) is 4.82. The Balaban J connectivity index is 0.00000144. The first kappa shape index (κ1) is 14.3. The maximum atomic E-state index is 11.4. The molecule has 2 rings (SSSR count). The first-order valence-corrected chi connectivity index (χ1v) is 4.85. The number of halogens is 1. The maximum Gasteiger partial charge on any atom is 0.415 e. The summed E-state index contributed by atoms with van der Waals surface area (Å²) in [5.41, 5.74) is 0.429. The zero-order valence-corrected chi connectivity index (χ0v) is 12.1. The van der Waals surface area contributed by atoms with E-state index in [2.05, 4.69) is 0 Å². The third-order valence-electron chi connectivity index (χ3n) is 2.17. The van der Waals surface area contributed by atoms with Crippen molar-refractivity contribution < 1.29 is 19.1 Å². The van der Waals surface area contributed by atoms with E-state index in [4.69, 9.17) is 21.1 Å². The Morgan fingerprint density at radius 2 is 2.12 bits per heavy atom. The van der Waals surface area contributed by atoms with Crippen LogP contribution in [0.15, 0.2) is 18.2 Å². The summed E-state index contributed by atoms with van der Waals surface area (Å²) in [6.07, 6.45) is -1.77. The predicted octanol–water partition coefficient (Wildman–Crippen LogP) is 1.28. The molecule has 1 aromatic carbocycles. The normalized spacial score (nSPS) is 18.1. The molecule has 1 atom stereocenters. The Labute approximate surface area is 125 Å². The monoisotopic (exact) mass is 264 g/mol. The molecule has 1 unspecified atom stereocenters. The molecular formula is C10H8ClNNaO4. The summed E-state index contributed by atoms with van der Waals surface area (Å²) < 4.78 is 9.89. The van der Waals surface area contributed by atoms with Gasteiger partial charge in [0.1, 0.15) is 5.75 Å². The minimum Gasteiger partial charge on any atom is -0.495 e. The zero-order valence-electron chi connectivity index (χ0n) is 9.32. The van der Waals surface area contributed by atoms with Crippen molar-refractivity contribution in [3.05, 3.63) is 28.8 Å². The first-order chi connectivity index (χ1) is 7.63. The number of para-hydroxylation sites is 1. The fourth-order valence-electron chi connectivity index (χ4n) is 1.51. The molecule has 0 aliphatic carbocycles. The van der Waals surface area contributed by atoms with Crippen LogP contribution in [0, 0.1) is 0 Å². The topological polar surface area (TPSA) is 64.6 Å². The van der Waals surface area contributed by atoms with Crippen molar-refractivity contribution in [3.8, 4) is 5.75 Å². The minimum absolute atomic E-state index is 0. The standard InChI is InChI=1S/C10H8ClNO4.Na/c1-15-7-5(3-2-4-6(7)11)8-9(13)12-10(14)16-8;/h2-4,8H,1H3,(H,12,13,14);. The van der Waals surface area contributed by atoms with Crippen LogP contribution in [-0.2, 0) is 9.53 Å². The number of rotatable bonds is 2. The molecular weight excluding hydrogens is 257 g/mol. The Hall–Kier alpha value is -0.750. The largest absolute Gasteiger partial charge is 0.495 e. The van der Waals surface area contributed by atoms with Crippen molar-refractivity contribution in [1.29, 1.82) is 0 Å². The van der Waals surface area contributed by atoms with Crippen LogP contribution in [0.4, 0.5) is 4.79 Å². The summed E-state index contributed by atoms with van der Waals surface area (Å²) in [6, 6.07) is 4.89. The molecule has 5 nitrogen and oxygen atoms in total. The molecule has 0 saturated carbocycles. The van der Waals surface area contributed by atoms with Crippen molar-refractivity contribution in [2.45, 2.75) is 6.10 Å². The first-order valence-electron chi connectivity index (χ1n) is 4.47. The number of carbonyl (C=O) groups excluding carboxylic acids is 2. The Morgan fingerprint density at radius 3 is 2.65 bits per heavy atom. The van der Waals surface area contributed by atoms with Gasteiger partial charge in [-0.3, -0.25) is 10.1 Å². The van der Waals surface area contributed by atoms with Gasteiger partial charge in [0.25, 0.3) is 5.91 Å². The molecule has 0 spiro atoms. The molecule has 1 fully saturated rings. The van der Waals surface area contributed by atoms with E-state index in [0.717, 1.165) is 0 Å². The maximum absolute atomic E-state index is 11.4. The smallest absolute Gasteiger partial charge is 0.415 e. The Morgan fingerprint density at radius 1 is 1.41 bits per heavy atom. The van der Waals surface area contributed by atoms with Gasteiger partial charge in [0.05, 0.1) is 12.1 Å². The van der Waals surface area contributed by atoms with E-state index in [1.165, 1.54) is 7.11 Å². The van der Waals surface area contributed by atoms with Gasteiger partial charge >= 0.3 is 6.09 Å². The molecule has 17 heavy (non-hydrogen) atoms. The van der Waals surface area contributed by atoms with Crippen molar-refractivity contribution in [3.63, 3.8) is 0 Å². The number of carbonyl (C=O) groups is 2. The number of cyclic esters (lactones) is 1. The number of benzene rings is 1. The van der Waals surface area contributed by atoms with Gasteiger partial charge in [-0.1, -0.05) is 23.7 Å². The summed E-state index contributed by atoms with van der Waals surface area (Å²) in [5, 5.41) is 2.39. The van der Waals surface area contributed by atoms with Crippen LogP contribution in [-0.4, -0.2) is 48.7 Å². The molecule has 1 N–H and O–H groups in total. The molecule has 1 aromatic rings. The van der Waals surface area contributed by atoms with Crippen molar-refractivity contribution >= 4 is 53.2 Å². The van der Waals surface area contributed by atoms with Crippen LogP contribution < -0.4 is 10.1 Å². The summed E-state index contributed by atoms with van der Waals surface area (Å²) in [6.45, 7) is 0. The molecule has 1 aliphatic rings. The van der Waals surface area contributed by atoms with E-state index < -0.39 is 18.1 Å². The molecule has 0 aromatic heterocycles. The van der Waals surface area contributed by atoms with Gasteiger partial charge in [-0.05, 0) is 6.07 Å². The van der Waals surface area contributed by atoms with Crippen LogP contribution in [0.3, 0.4) is 0 Å². The van der Waals surface area contributed by atoms with E-state index in [-0.39, 0.29) is 29.6 Å². The van der Waals surface area contributed by atoms with Gasteiger partial charge in [0.2, 0.25) is 6.10 Å². The number of amides is 2. The molecule has 1 heterocycles. The van der Waals surface area contributed by atoms with E-state index >= 15 is 0 Å². The molecule has 0 bridgehead atoms. The number of hydrogen-bond donors (Lipinski definition) is 1. The molecule has 7 heteroatoms. The zero-order chi connectivity index (χ0) is 11.7. The van der Waals surface area contributed by atoms with E-state index in [0.29, 0.717) is 16.3 Å². The van der Waals surface area contributed by atoms with E-state index in [9.17, 15) is 9.59 Å². The number of nitrogens with one attached hydrogen (secondary N) is 1. The second kappa shape index (κ2) is 5.73. The summed E-state index contributed by atoms with van der Waals surface area (Å²) in [4.78, 5) is 22.3. The Bertz CT molecular complexity index is 466. The summed E-state index contributed by atoms with van der Waals surface area (Å²) >= 11 is 5.89. The third kappa shape index (κ3) is 2.74. The average Bonchev–Trinajstić information content (AvgIpc) is 2.57. The van der Waals surface area contributed by atoms with Crippen LogP contribution in [0.1, 0.15) is 11.7 Å². The van der Waals surface area contributed by atoms with Crippen LogP contribution >= 0.6 is 11.6 Å². The minimum atomic E-state index is -0.999. The number of imide groups is 1. The van der Waals surface area contributed by atoms with Gasteiger partial charge in [-0.2, -0.15) is 0 Å². The molecule has 1 radical (unpaired) electrons. The van der Waals surface area contributed by atoms with Gasteiger partial charge in [-0.25, -0.2) is 4.79 Å². The third-order valence-corrected chi connectivity index (χ3v) is 2.47. The molecule has 2 amide bonds. The molecule has 1 saturated heterocycles.